The first-order valence-corrected chi connectivity index (χ1v) is 8.36. The van der Waals surface area contributed by atoms with Gasteiger partial charge in [0.15, 0.2) is 0 Å². The van der Waals surface area contributed by atoms with Gasteiger partial charge in [-0.3, -0.25) is 15.1 Å². The number of rotatable bonds is 6. The van der Waals surface area contributed by atoms with Crippen LogP contribution in [0, 0.1) is 5.82 Å². The summed E-state index contributed by atoms with van der Waals surface area (Å²) in [4.78, 5) is 15.9. The van der Waals surface area contributed by atoms with E-state index in [0.29, 0.717) is 17.0 Å². The number of pyridine rings is 1. The van der Waals surface area contributed by atoms with Crippen molar-refractivity contribution >= 4 is 23.6 Å². The smallest absolute Gasteiger partial charge is 0.236 e. The Morgan fingerprint density at radius 1 is 1.25 bits per heavy atom. The number of anilines is 1. The fraction of sp³-hybridized carbons (Fsp3) is 0.118. The van der Waals surface area contributed by atoms with E-state index in [1.165, 1.54) is 23.9 Å². The molecule has 0 unspecified atom stereocenters. The number of thioether (sulfide) groups is 1. The quantitative estimate of drug-likeness (QED) is 0.738. The Bertz CT molecular complexity index is 823. The van der Waals surface area contributed by atoms with Crippen LogP contribution in [-0.2, 0) is 10.5 Å². The number of benzene rings is 1. The first kappa shape index (κ1) is 16.2. The summed E-state index contributed by atoms with van der Waals surface area (Å²) in [6.45, 7) is 0. The SMILES string of the molecule is O=C(CSCc1cccnc1)Nc1cc(-c2ccccc2F)no1. The van der Waals surface area contributed by atoms with Crippen LogP contribution in [0.3, 0.4) is 0 Å². The van der Waals surface area contributed by atoms with E-state index in [1.807, 2.05) is 12.1 Å². The lowest BCUT2D eigenvalue weighted by Gasteiger charge is -2.01. The molecule has 0 saturated carbocycles. The third-order valence-electron chi connectivity index (χ3n) is 3.15. The average molecular weight is 343 g/mol. The number of amides is 1. The van der Waals surface area contributed by atoms with Crippen molar-refractivity contribution in [3.63, 3.8) is 0 Å². The Labute approximate surface area is 142 Å². The minimum absolute atomic E-state index is 0.195. The monoisotopic (exact) mass is 343 g/mol. The van der Waals surface area contributed by atoms with Gasteiger partial charge >= 0.3 is 0 Å². The molecule has 0 aliphatic rings. The number of hydrogen-bond acceptors (Lipinski definition) is 5. The normalized spacial score (nSPS) is 10.5. The largest absolute Gasteiger partial charge is 0.338 e. The average Bonchev–Trinajstić information content (AvgIpc) is 3.04. The van der Waals surface area contributed by atoms with E-state index >= 15 is 0 Å². The van der Waals surface area contributed by atoms with Gasteiger partial charge in [0, 0.05) is 29.8 Å². The Hall–Kier alpha value is -2.67. The highest BCUT2D eigenvalue weighted by Gasteiger charge is 2.12. The number of halogens is 1. The van der Waals surface area contributed by atoms with Gasteiger partial charge in [-0.15, -0.1) is 11.8 Å². The molecule has 2 heterocycles. The maximum atomic E-state index is 13.7. The lowest BCUT2D eigenvalue weighted by molar-refractivity contribution is -0.113. The Kier molecular flexibility index (Phi) is 5.22. The summed E-state index contributed by atoms with van der Waals surface area (Å²) >= 11 is 1.47. The van der Waals surface area contributed by atoms with E-state index in [1.54, 1.807) is 30.6 Å². The van der Waals surface area contributed by atoms with Crippen molar-refractivity contribution in [1.29, 1.82) is 0 Å². The minimum atomic E-state index is -0.393. The zero-order chi connectivity index (χ0) is 16.8. The molecule has 1 N–H and O–H groups in total. The van der Waals surface area contributed by atoms with E-state index in [4.69, 9.17) is 4.52 Å². The zero-order valence-electron chi connectivity index (χ0n) is 12.6. The molecule has 24 heavy (non-hydrogen) atoms. The molecular weight excluding hydrogens is 329 g/mol. The molecule has 122 valence electrons. The van der Waals surface area contributed by atoms with Gasteiger partial charge in [0.2, 0.25) is 11.8 Å². The maximum Gasteiger partial charge on any atom is 0.236 e. The van der Waals surface area contributed by atoms with Crippen LogP contribution in [0.1, 0.15) is 5.56 Å². The number of nitrogens with one attached hydrogen (secondary N) is 1. The third-order valence-corrected chi connectivity index (χ3v) is 4.15. The standard InChI is InChI=1S/C17H14FN3O2S/c18-14-6-2-1-5-13(14)15-8-17(23-21-15)20-16(22)11-24-10-12-4-3-7-19-9-12/h1-9H,10-11H2,(H,20,22). The summed E-state index contributed by atoms with van der Waals surface area (Å²) < 4.78 is 18.7. The fourth-order valence-corrected chi connectivity index (χ4v) is 2.81. The Morgan fingerprint density at radius 3 is 2.92 bits per heavy atom. The zero-order valence-corrected chi connectivity index (χ0v) is 13.4. The topological polar surface area (TPSA) is 68.0 Å². The molecule has 0 radical (unpaired) electrons. The summed E-state index contributed by atoms with van der Waals surface area (Å²) in [6, 6.07) is 11.6. The first-order valence-electron chi connectivity index (χ1n) is 7.20. The molecule has 0 fully saturated rings. The van der Waals surface area contributed by atoms with Crippen LogP contribution < -0.4 is 5.32 Å². The predicted octanol–water partition coefficient (Wildman–Crippen LogP) is 3.75. The molecule has 1 aromatic carbocycles. The summed E-state index contributed by atoms with van der Waals surface area (Å²) in [5.41, 5.74) is 1.72. The summed E-state index contributed by atoms with van der Waals surface area (Å²) in [6.07, 6.45) is 3.47. The molecule has 0 saturated heterocycles. The lowest BCUT2D eigenvalue weighted by atomic mass is 10.1. The first-order chi connectivity index (χ1) is 11.7. The number of nitrogens with zero attached hydrogens (tertiary/aromatic N) is 2. The number of aromatic nitrogens is 2. The van der Waals surface area contributed by atoms with E-state index < -0.39 is 5.82 Å². The van der Waals surface area contributed by atoms with Crippen LogP contribution in [0.25, 0.3) is 11.3 Å². The molecule has 7 heteroatoms. The molecule has 0 aliphatic carbocycles. The van der Waals surface area contributed by atoms with Crippen molar-refractivity contribution in [2.75, 3.05) is 11.1 Å². The van der Waals surface area contributed by atoms with Crippen LogP contribution in [-0.4, -0.2) is 21.8 Å². The highest BCUT2D eigenvalue weighted by atomic mass is 32.2. The van der Waals surface area contributed by atoms with Gasteiger partial charge in [-0.25, -0.2) is 4.39 Å². The molecule has 0 spiro atoms. The van der Waals surface area contributed by atoms with Gasteiger partial charge in [-0.1, -0.05) is 23.4 Å². The van der Waals surface area contributed by atoms with Crippen LogP contribution in [0.5, 0.6) is 0 Å². The second-order valence-electron chi connectivity index (χ2n) is 4.96. The second kappa shape index (κ2) is 7.74. The van der Waals surface area contributed by atoms with E-state index in [-0.39, 0.29) is 17.5 Å². The molecule has 1 amide bonds. The molecule has 0 aliphatic heterocycles. The fourth-order valence-electron chi connectivity index (χ4n) is 2.05. The van der Waals surface area contributed by atoms with Gasteiger partial charge < -0.3 is 4.52 Å². The van der Waals surface area contributed by atoms with Gasteiger partial charge in [0.05, 0.1) is 5.75 Å². The minimum Gasteiger partial charge on any atom is -0.338 e. The third kappa shape index (κ3) is 4.20. The predicted molar refractivity (Wildman–Crippen MR) is 90.9 cm³/mol. The highest BCUT2D eigenvalue weighted by molar-refractivity contribution is 7.99. The van der Waals surface area contributed by atoms with Crippen LogP contribution >= 0.6 is 11.8 Å². The Balaban J connectivity index is 1.53. The van der Waals surface area contributed by atoms with Gasteiger partial charge in [0.25, 0.3) is 0 Å². The summed E-state index contributed by atoms with van der Waals surface area (Å²) in [5.74, 6) is 0.555. The summed E-state index contributed by atoms with van der Waals surface area (Å²) in [5, 5.41) is 6.39. The van der Waals surface area contributed by atoms with Crippen LogP contribution in [0.2, 0.25) is 0 Å². The molecule has 3 aromatic rings. The van der Waals surface area contributed by atoms with Crippen molar-refractivity contribution in [2.24, 2.45) is 0 Å². The van der Waals surface area contributed by atoms with Crippen molar-refractivity contribution in [2.45, 2.75) is 5.75 Å². The lowest BCUT2D eigenvalue weighted by Crippen LogP contribution is -2.13. The van der Waals surface area contributed by atoms with Crippen LogP contribution in [0.4, 0.5) is 10.3 Å². The van der Waals surface area contributed by atoms with Crippen molar-refractivity contribution in [1.82, 2.24) is 10.1 Å². The second-order valence-corrected chi connectivity index (χ2v) is 5.94. The van der Waals surface area contributed by atoms with Gasteiger partial charge in [-0.05, 0) is 23.8 Å². The summed E-state index contributed by atoms with van der Waals surface area (Å²) in [7, 11) is 0. The molecule has 0 bridgehead atoms. The molecule has 3 rings (SSSR count). The van der Waals surface area contributed by atoms with E-state index in [0.717, 1.165) is 5.56 Å². The van der Waals surface area contributed by atoms with E-state index in [2.05, 4.69) is 15.5 Å². The highest BCUT2D eigenvalue weighted by Crippen LogP contribution is 2.24. The molecule has 2 aromatic heterocycles. The van der Waals surface area contributed by atoms with Crippen molar-refractivity contribution in [3.8, 4) is 11.3 Å². The van der Waals surface area contributed by atoms with Gasteiger partial charge in [0.1, 0.15) is 11.5 Å². The van der Waals surface area contributed by atoms with Gasteiger partial charge in [-0.2, -0.15) is 0 Å². The number of carbonyl (C=O) groups is 1. The number of carbonyl (C=O) groups excluding carboxylic acids is 1. The van der Waals surface area contributed by atoms with Crippen LogP contribution in [0.15, 0.2) is 59.4 Å². The Morgan fingerprint density at radius 2 is 2.12 bits per heavy atom. The molecule has 5 nitrogen and oxygen atoms in total. The van der Waals surface area contributed by atoms with Crippen molar-refractivity contribution < 1.29 is 13.7 Å². The van der Waals surface area contributed by atoms with Crippen molar-refractivity contribution in [3.05, 3.63) is 66.2 Å². The molecule has 0 atom stereocenters. The maximum absolute atomic E-state index is 13.7. The number of hydrogen-bond donors (Lipinski definition) is 1. The van der Waals surface area contributed by atoms with E-state index in [9.17, 15) is 9.18 Å². The molecular formula is C17H14FN3O2S.